The molecule has 0 saturated heterocycles. The van der Waals surface area contributed by atoms with Crippen LogP contribution in [-0.2, 0) is 0 Å². The maximum Gasteiger partial charge on any atom is 0.124 e. The molecule has 106 valence electrons. The molecule has 0 radical (unpaired) electrons. The van der Waals surface area contributed by atoms with E-state index in [4.69, 9.17) is 16.3 Å². The van der Waals surface area contributed by atoms with E-state index in [1.54, 1.807) is 0 Å². The molecule has 0 bridgehead atoms. The van der Waals surface area contributed by atoms with E-state index in [0.717, 1.165) is 17.0 Å². The second-order valence-corrected chi connectivity index (χ2v) is 4.80. The summed E-state index contributed by atoms with van der Waals surface area (Å²) in [6, 6.07) is 14.9. The molecule has 0 aromatic heterocycles. The van der Waals surface area contributed by atoms with Gasteiger partial charge in [-0.3, -0.25) is 0 Å². The van der Waals surface area contributed by atoms with E-state index in [-0.39, 0.29) is 12.6 Å². The van der Waals surface area contributed by atoms with Crippen molar-refractivity contribution in [1.29, 1.82) is 0 Å². The molecule has 0 heterocycles. The van der Waals surface area contributed by atoms with Gasteiger partial charge in [0.25, 0.3) is 0 Å². The van der Waals surface area contributed by atoms with Gasteiger partial charge in [-0.05, 0) is 31.2 Å². The van der Waals surface area contributed by atoms with Gasteiger partial charge in [-0.15, -0.1) is 0 Å². The van der Waals surface area contributed by atoms with Crippen LogP contribution in [0.2, 0.25) is 5.02 Å². The number of hydrogen-bond donors (Lipinski definition) is 2. The fraction of sp³-hybridized carbons (Fsp3) is 0.250. The molecule has 1 atom stereocenters. The molecule has 0 fully saturated rings. The van der Waals surface area contributed by atoms with Gasteiger partial charge in [0.2, 0.25) is 0 Å². The lowest BCUT2D eigenvalue weighted by atomic mass is 10.1. The van der Waals surface area contributed by atoms with Crippen LogP contribution in [0.4, 0.5) is 5.69 Å². The van der Waals surface area contributed by atoms with Gasteiger partial charge in [-0.25, -0.2) is 0 Å². The molecule has 0 aliphatic carbocycles. The molecule has 2 N–H and O–H groups in total. The summed E-state index contributed by atoms with van der Waals surface area (Å²) in [6.45, 7) is 2.50. The Bertz CT molecular complexity index is 560. The van der Waals surface area contributed by atoms with Crippen LogP contribution in [0, 0.1) is 0 Å². The predicted molar refractivity (Wildman–Crippen MR) is 82.5 cm³/mol. The summed E-state index contributed by atoms with van der Waals surface area (Å²) in [5.74, 6) is 0.781. The lowest BCUT2D eigenvalue weighted by Crippen LogP contribution is -2.16. The third-order valence-corrected chi connectivity index (χ3v) is 3.18. The second-order valence-electron chi connectivity index (χ2n) is 4.36. The van der Waals surface area contributed by atoms with Crippen molar-refractivity contribution in [2.45, 2.75) is 13.0 Å². The minimum absolute atomic E-state index is 0.0311. The first kappa shape index (κ1) is 14.7. The van der Waals surface area contributed by atoms with E-state index in [0.29, 0.717) is 11.6 Å². The average molecular weight is 292 g/mol. The molecule has 0 saturated carbocycles. The number of aliphatic hydroxyl groups excluding tert-OH is 1. The van der Waals surface area contributed by atoms with Gasteiger partial charge in [0, 0.05) is 16.3 Å². The molecule has 4 heteroatoms. The molecule has 0 amide bonds. The fourth-order valence-electron chi connectivity index (χ4n) is 2.06. The van der Waals surface area contributed by atoms with Crippen molar-refractivity contribution in [2.24, 2.45) is 0 Å². The number of hydrogen-bond acceptors (Lipinski definition) is 3. The zero-order valence-corrected chi connectivity index (χ0v) is 12.1. The summed E-state index contributed by atoms with van der Waals surface area (Å²) < 4.78 is 5.60. The predicted octanol–water partition coefficient (Wildman–Crippen LogP) is 3.88. The van der Waals surface area contributed by atoms with Crippen molar-refractivity contribution < 1.29 is 9.84 Å². The molecule has 2 aromatic carbocycles. The van der Waals surface area contributed by atoms with Gasteiger partial charge in [0.15, 0.2) is 0 Å². The van der Waals surface area contributed by atoms with Crippen LogP contribution in [0.1, 0.15) is 18.5 Å². The summed E-state index contributed by atoms with van der Waals surface area (Å²) in [5, 5.41) is 13.6. The van der Waals surface area contributed by atoms with Crippen LogP contribution in [0.25, 0.3) is 0 Å². The zero-order valence-electron chi connectivity index (χ0n) is 11.3. The summed E-state index contributed by atoms with van der Waals surface area (Å²) in [4.78, 5) is 0. The van der Waals surface area contributed by atoms with Crippen molar-refractivity contribution in [3.05, 3.63) is 59.1 Å². The van der Waals surface area contributed by atoms with E-state index in [1.165, 1.54) is 0 Å². The number of benzene rings is 2. The van der Waals surface area contributed by atoms with Gasteiger partial charge in [-0.2, -0.15) is 0 Å². The summed E-state index contributed by atoms with van der Waals surface area (Å²) in [7, 11) is 0. The molecular formula is C16H18ClNO2. The molecule has 20 heavy (non-hydrogen) atoms. The van der Waals surface area contributed by atoms with Gasteiger partial charge < -0.3 is 15.2 Å². The van der Waals surface area contributed by atoms with Crippen LogP contribution in [0.5, 0.6) is 5.75 Å². The van der Waals surface area contributed by atoms with Gasteiger partial charge >= 0.3 is 0 Å². The minimum atomic E-state index is -0.240. The second kappa shape index (κ2) is 7.17. The Morgan fingerprint density at radius 2 is 2.00 bits per heavy atom. The van der Waals surface area contributed by atoms with Crippen molar-refractivity contribution in [2.75, 3.05) is 18.5 Å². The summed E-state index contributed by atoms with van der Waals surface area (Å²) in [6.07, 6.45) is 0. The van der Waals surface area contributed by atoms with E-state index in [9.17, 15) is 5.11 Å². The van der Waals surface area contributed by atoms with E-state index >= 15 is 0 Å². The topological polar surface area (TPSA) is 41.5 Å². The number of aliphatic hydroxyl groups is 1. The normalized spacial score (nSPS) is 11.9. The van der Waals surface area contributed by atoms with E-state index in [1.807, 2.05) is 55.5 Å². The highest BCUT2D eigenvalue weighted by atomic mass is 35.5. The maximum absolute atomic E-state index is 9.65. The minimum Gasteiger partial charge on any atom is -0.494 e. The van der Waals surface area contributed by atoms with Crippen molar-refractivity contribution >= 4 is 17.3 Å². The van der Waals surface area contributed by atoms with Crippen molar-refractivity contribution in [3.8, 4) is 5.75 Å². The van der Waals surface area contributed by atoms with Gasteiger partial charge in [-0.1, -0.05) is 35.9 Å². The lowest BCUT2D eigenvalue weighted by Gasteiger charge is -2.21. The first-order valence-electron chi connectivity index (χ1n) is 6.59. The molecule has 0 spiro atoms. The fourth-order valence-corrected chi connectivity index (χ4v) is 2.25. The Morgan fingerprint density at radius 1 is 1.20 bits per heavy atom. The van der Waals surface area contributed by atoms with Gasteiger partial charge in [0.1, 0.15) is 5.75 Å². The third kappa shape index (κ3) is 3.65. The number of ether oxygens (including phenoxy) is 1. The standard InChI is InChI=1S/C16H18ClNO2/c1-2-20-16-9-4-3-8-14(16)15(11-19)18-13-7-5-6-12(17)10-13/h3-10,15,18-19H,2,11H2,1H3. The Kier molecular flexibility index (Phi) is 5.27. The van der Waals surface area contributed by atoms with Gasteiger partial charge in [0.05, 0.1) is 19.3 Å². The molecule has 2 aromatic rings. The van der Waals surface area contributed by atoms with E-state index in [2.05, 4.69) is 5.32 Å². The van der Waals surface area contributed by atoms with Crippen LogP contribution in [-0.4, -0.2) is 18.3 Å². The van der Waals surface area contributed by atoms with Crippen molar-refractivity contribution in [1.82, 2.24) is 0 Å². The first-order chi connectivity index (χ1) is 9.74. The zero-order chi connectivity index (χ0) is 14.4. The first-order valence-corrected chi connectivity index (χ1v) is 6.97. The smallest absolute Gasteiger partial charge is 0.124 e. The largest absolute Gasteiger partial charge is 0.494 e. The lowest BCUT2D eigenvalue weighted by molar-refractivity contribution is 0.270. The van der Waals surface area contributed by atoms with Crippen LogP contribution in [0.3, 0.4) is 0 Å². The average Bonchev–Trinajstić information content (AvgIpc) is 2.46. The quantitative estimate of drug-likeness (QED) is 0.848. The highest BCUT2D eigenvalue weighted by molar-refractivity contribution is 6.30. The number of para-hydroxylation sites is 1. The Hall–Kier alpha value is -1.71. The molecular weight excluding hydrogens is 274 g/mol. The maximum atomic E-state index is 9.65. The number of anilines is 1. The highest BCUT2D eigenvalue weighted by Crippen LogP contribution is 2.28. The van der Waals surface area contributed by atoms with Crippen LogP contribution < -0.4 is 10.1 Å². The monoisotopic (exact) mass is 291 g/mol. The number of rotatable bonds is 6. The Balaban J connectivity index is 2.24. The Labute approximate surface area is 124 Å². The Morgan fingerprint density at radius 3 is 2.70 bits per heavy atom. The van der Waals surface area contributed by atoms with Crippen LogP contribution >= 0.6 is 11.6 Å². The molecule has 3 nitrogen and oxygen atoms in total. The van der Waals surface area contributed by atoms with Crippen molar-refractivity contribution in [3.63, 3.8) is 0 Å². The third-order valence-electron chi connectivity index (χ3n) is 2.94. The summed E-state index contributed by atoms with van der Waals surface area (Å²) >= 11 is 5.97. The molecule has 2 rings (SSSR count). The molecule has 0 aliphatic heterocycles. The number of halogens is 1. The summed E-state index contributed by atoms with van der Waals surface area (Å²) in [5.41, 5.74) is 1.79. The van der Waals surface area contributed by atoms with E-state index < -0.39 is 0 Å². The SMILES string of the molecule is CCOc1ccccc1C(CO)Nc1cccc(Cl)c1. The highest BCUT2D eigenvalue weighted by Gasteiger charge is 2.15. The number of nitrogens with one attached hydrogen (secondary N) is 1. The van der Waals surface area contributed by atoms with Crippen LogP contribution in [0.15, 0.2) is 48.5 Å². The molecule has 0 aliphatic rings. The molecule has 1 unspecified atom stereocenters.